The molecule has 9 heteroatoms. The van der Waals surface area contributed by atoms with Gasteiger partial charge >= 0.3 is 57.6 Å². The molecule has 0 saturated carbocycles. The van der Waals surface area contributed by atoms with E-state index in [-0.39, 0.29) is 80.6 Å². The summed E-state index contributed by atoms with van der Waals surface area (Å²) >= 11 is 0. The molecule has 3 atom stereocenters. The third-order valence-electron chi connectivity index (χ3n) is 5.03. The molecule has 3 rings (SSSR count). The number of anilines is 2. The van der Waals surface area contributed by atoms with Crippen LogP contribution >= 0.6 is 0 Å². The molecule has 1 aromatic rings. The average Bonchev–Trinajstić information content (AvgIpc) is 2.99. The maximum absolute atomic E-state index is 12.3. The number of alkyl halides is 3. The first kappa shape index (κ1) is 24.9. The number of ether oxygens (including phenoxy) is 1. The zero-order valence-corrected chi connectivity index (χ0v) is 18.9. The molecule has 2 aliphatic rings. The Morgan fingerprint density at radius 1 is 1.44 bits per heavy atom. The van der Waals surface area contributed by atoms with Crippen molar-refractivity contribution in [2.24, 2.45) is 5.92 Å². The third kappa shape index (κ3) is 5.91. The van der Waals surface area contributed by atoms with Crippen LogP contribution in [0, 0.1) is 12.3 Å². The standard InChI is InChI=1S/C10H17O2.C8H7F3N2O.K/c1-8-7-9(2)3-4-10(8,12-9)5-6-11;9-8(10,11)6-3-5(13-4-14)1-2-7(6)12;/h7-8,11H,3-6H2,1-2H3;1-4H,12H2,(H,13,14);/q-1;;+1. The van der Waals surface area contributed by atoms with Crippen LogP contribution in [0.4, 0.5) is 24.5 Å². The van der Waals surface area contributed by atoms with Gasteiger partial charge in [0.2, 0.25) is 6.41 Å². The quantitative estimate of drug-likeness (QED) is 0.289. The van der Waals surface area contributed by atoms with Gasteiger partial charge < -0.3 is 20.9 Å². The van der Waals surface area contributed by atoms with Crippen LogP contribution in [0.2, 0.25) is 0 Å². The number of hydrogen-bond acceptors (Lipinski definition) is 4. The van der Waals surface area contributed by atoms with E-state index in [4.69, 9.17) is 15.6 Å². The van der Waals surface area contributed by atoms with E-state index in [1.807, 2.05) is 0 Å². The number of nitrogen functional groups attached to an aromatic ring is 1. The van der Waals surface area contributed by atoms with E-state index in [0.717, 1.165) is 31.4 Å². The van der Waals surface area contributed by atoms with Crippen molar-refractivity contribution >= 4 is 17.8 Å². The van der Waals surface area contributed by atoms with Gasteiger partial charge in [0.1, 0.15) is 0 Å². The summed E-state index contributed by atoms with van der Waals surface area (Å²) in [6, 6.07) is 3.16. The Labute approximate surface area is 199 Å². The fourth-order valence-electron chi connectivity index (χ4n) is 3.70. The van der Waals surface area contributed by atoms with Crippen LogP contribution in [0.25, 0.3) is 0 Å². The fourth-order valence-corrected chi connectivity index (χ4v) is 3.70. The summed E-state index contributed by atoms with van der Waals surface area (Å²) in [5.74, 6) is 0.503. The van der Waals surface area contributed by atoms with Gasteiger partial charge in [-0.1, -0.05) is 19.4 Å². The van der Waals surface area contributed by atoms with Crippen LogP contribution in [0.1, 0.15) is 38.7 Å². The number of fused-ring (bicyclic) bond motifs is 2. The first-order chi connectivity index (χ1) is 12.1. The minimum absolute atomic E-state index is 0. The molecular weight excluding hydrogens is 388 g/mol. The molecule has 0 spiro atoms. The van der Waals surface area contributed by atoms with Crippen LogP contribution < -0.4 is 62.4 Å². The van der Waals surface area contributed by atoms with Gasteiger partial charge in [-0.2, -0.15) is 13.2 Å². The summed E-state index contributed by atoms with van der Waals surface area (Å²) in [6.07, 6.45) is 1.11. The van der Waals surface area contributed by atoms with E-state index in [1.165, 1.54) is 6.07 Å². The van der Waals surface area contributed by atoms with Crippen LogP contribution in [0.5, 0.6) is 0 Å². The van der Waals surface area contributed by atoms with Crippen LogP contribution in [0.15, 0.2) is 18.2 Å². The summed E-state index contributed by atoms with van der Waals surface area (Å²) in [5, 5.41) is 11.1. The number of nitrogens with two attached hydrogens (primary N) is 1. The van der Waals surface area contributed by atoms with E-state index in [0.29, 0.717) is 12.3 Å². The topological polar surface area (TPSA) is 84.6 Å². The van der Waals surface area contributed by atoms with Crippen molar-refractivity contribution in [2.45, 2.75) is 50.5 Å². The van der Waals surface area contributed by atoms with E-state index >= 15 is 0 Å². The minimum Gasteiger partial charge on any atom is -0.403 e. The summed E-state index contributed by atoms with van der Waals surface area (Å²) in [4.78, 5) is 10.00. The van der Waals surface area contributed by atoms with Crippen LogP contribution in [-0.2, 0) is 15.7 Å². The molecule has 2 heterocycles. The first-order valence-corrected chi connectivity index (χ1v) is 8.39. The molecule has 4 N–H and O–H groups in total. The van der Waals surface area contributed by atoms with E-state index in [2.05, 4.69) is 25.6 Å². The Kier molecular flexibility index (Phi) is 8.80. The zero-order valence-electron chi connectivity index (χ0n) is 15.8. The monoisotopic (exact) mass is 412 g/mol. The Morgan fingerprint density at radius 2 is 2.11 bits per heavy atom. The van der Waals surface area contributed by atoms with E-state index < -0.39 is 11.7 Å². The number of carbonyl (C=O) groups is 1. The molecule has 2 fully saturated rings. The van der Waals surface area contributed by atoms with E-state index in [1.54, 1.807) is 0 Å². The molecule has 5 nitrogen and oxygen atoms in total. The Balaban J connectivity index is 0.000000262. The van der Waals surface area contributed by atoms with Gasteiger partial charge in [0, 0.05) is 23.6 Å². The van der Waals surface area contributed by atoms with Crippen molar-refractivity contribution in [2.75, 3.05) is 17.7 Å². The summed E-state index contributed by atoms with van der Waals surface area (Å²) in [5.41, 5.74) is 3.86. The van der Waals surface area contributed by atoms with Crippen molar-refractivity contribution < 1.29 is 79.2 Å². The number of carbonyl (C=O) groups excluding carboxylic acids is 1. The largest absolute Gasteiger partial charge is 1.00 e. The van der Waals surface area contributed by atoms with Gasteiger partial charge in [0.15, 0.2) is 0 Å². The summed E-state index contributed by atoms with van der Waals surface area (Å²) in [7, 11) is 0. The van der Waals surface area contributed by atoms with Crippen molar-refractivity contribution in [1.82, 2.24) is 0 Å². The predicted octanol–water partition coefficient (Wildman–Crippen LogP) is 0.391. The molecule has 2 aliphatic heterocycles. The molecule has 0 aromatic heterocycles. The second-order valence-electron chi connectivity index (χ2n) is 6.97. The Bertz CT molecular complexity index is 655. The van der Waals surface area contributed by atoms with Crippen molar-refractivity contribution in [3.8, 4) is 0 Å². The van der Waals surface area contributed by atoms with Gasteiger partial charge in [-0.3, -0.25) is 11.2 Å². The van der Waals surface area contributed by atoms with Crippen molar-refractivity contribution in [1.29, 1.82) is 0 Å². The number of aliphatic hydroxyl groups excluding tert-OH is 1. The molecule has 2 bridgehead atoms. The molecule has 2 saturated heterocycles. The molecule has 1 aromatic carbocycles. The SMILES string of the molecule is CC1[CH-]C2(C)CCC1(CCO)O2.Nc1ccc(NC=O)cc1C(F)(F)F.[K+]. The van der Waals surface area contributed by atoms with Gasteiger partial charge in [-0.15, -0.1) is 5.92 Å². The molecule has 0 aliphatic carbocycles. The Hall–Kier alpha value is -0.164. The number of amides is 1. The van der Waals surface area contributed by atoms with Crippen LogP contribution in [0.3, 0.4) is 0 Å². The van der Waals surface area contributed by atoms with Gasteiger partial charge in [0.25, 0.3) is 0 Å². The molecule has 27 heavy (non-hydrogen) atoms. The molecular formula is C18H24F3KN2O3. The van der Waals surface area contributed by atoms with Crippen LogP contribution in [-0.4, -0.2) is 29.3 Å². The van der Waals surface area contributed by atoms with Gasteiger partial charge in [0.05, 0.1) is 5.56 Å². The molecule has 146 valence electrons. The third-order valence-corrected chi connectivity index (χ3v) is 5.03. The normalized spacial score (nSPS) is 28.7. The minimum atomic E-state index is -4.51. The smallest absolute Gasteiger partial charge is 0.403 e. The second kappa shape index (κ2) is 9.56. The number of rotatable bonds is 4. The van der Waals surface area contributed by atoms with Gasteiger partial charge in [-0.05, 0) is 37.5 Å². The molecule has 3 unspecified atom stereocenters. The summed E-state index contributed by atoms with van der Waals surface area (Å²) in [6.45, 7) is 4.59. The summed E-state index contributed by atoms with van der Waals surface area (Å²) < 4.78 is 42.8. The first-order valence-electron chi connectivity index (χ1n) is 8.39. The molecule has 1 amide bonds. The maximum Gasteiger partial charge on any atom is 1.00 e. The zero-order chi connectivity index (χ0) is 19.6. The van der Waals surface area contributed by atoms with Crippen molar-refractivity contribution in [3.05, 3.63) is 30.2 Å². The number of nitrogens with one attached hydrogen (secondary N) is 1. The number of hydrogen-bond donors (Lipinski definition) is 3. The number of halogens is 3. The predicted molar refractivity (Wildman–Crippen MR) is 92.2 cm³/mol. The number of benzene rings is 1. The van der Waals surface area contributed by atoms with Gasteiger partial charge in [-0.25, -0.2) is 0 Å². The average molecular weight is 412 g/mol. The van der Waals surface area contributed by atoms with Crippen molar-refractivity contribution in [3.63, 3.8) is 0 Å². The second-order valence-corrected chi connectivity index (χ2v) is 6.97. The number of aliphatic hydroxyl groups is 1. The maximum atomic E-state index is 12.3. The fraction of sp³-hybridized carbons (Fsp3) is 0.556. The Morgan fingerprint density at radius 3 is 2.56 bits per heavy atom. The molecule has 0 radical (unpaired) electrons. The van der Waals surface area contributed by atoms with E-state index in [9.17, 15) is 18.0 Å².